The molecule has 0 aliphatic carbocycles. The van der Waals surface area contributed by atoms with Crippen LogP contribution >= 0.6 is 31.9 Å². The van der Waals surface area contributed by atoms with Gasteiger partial charge >= 0.3 is 0 Å². The van der Waals surface area contributed by atoms with Crippen LogP contribution in [0.25, 0.3) is 5.69 Å². The van der Waals surface area contributed by atoms with E-state index in [1.807, 2.05) is 6.07 Å². The minimum atomic E-state index is 0. The molecule has 0 atom stereocenters. The first kappa shape index (κ1) is 14.9. The van der Waals surface area contributed by atoms with Crippen molar-refractivity contribution in [2.45, 2.75) is 19.9 Å². The van der Waals surface area contributed by atoms with Crippen LogP contribution in [0.5, 0.6) is 0 Å². The molecule has 5 heteroatoms. The van der Waals surface area contributed by atoms with Gasteiger partial charge in [-0.3, -0.25) is 0 Å². The molecule has 0 aliphatic rings. The van der Waals surface area contributed by atoms with Gasteiger partial charge < -0.3 is 17.0 Å². The average molecular weight is 425 g/mol. The fourth-order valence-electron chi connectivity index (χ4n) is 1.52. The molecule has 2 nitrogen and oxygen atoms in total. The van der Waals surface area contributed by atoms with Crippen LogP contribution in [0.15, 0.2) is 45.9 Å². The third kappa shape index (κ3) is 3.66. The number of hydrogen-bond donors (Lipinski definition) is 0. The zero-order valence-electron chi connectivity index (χ0n) is 9.57. The van der Waals surface area contributed by atoms with Crippen molar-refractivity contribution in [3.05, 3.63) is 45.9 Å². The highest BCUT2D eigenvalue weighted by Crippen LogP contribution is 2.22. The smallest absolute Gasteiger partial charge is 0.249 e. The van der Waals surface area contributed by atoms with E-state index in [0.717, 1.165) is 14.6 Å². The highest BCUT2D eigenvalue weighted by Gasteiger charge is 2.09. The summed E-state index contributed by atoms with van der Waals surface area (Å²) in [7, 11) is 0. The number of halogens is 3. The second kappa shape index (κ2) is 6.16. The van der Waals surface area contributed by atoms with E-state index in [1.54, 1.807) is 0 Å². The molecule has 17 heavy (non-hydrogen) atoms. The van der Waals surface area contributed by atoms with Crippen LogP contribution in [0.4, 0.5) is 0 Å². The van der Waals surface area contributed by atoms with E-state index in [4.69, 9.17) is 0 Å². The SMILES string of the molecule is CC(C)[n+]1ccn(-c2cc(Br)cc(Br)c2)c1.[Br-]. The van der Waals surface area contributed by atoms with E-state index in [0.29, 0.717) is 6.04 Å². The molecule has 0 saturated heterocycles. The Morgan fingerprint density at radius 1 is 1.12 bits per heavy atom. The first-order valence-electron chi connectivity index (χ1n) is 5.11. The Kier molecular flexibility index (Phi) is 5.41. The van der Waals surface area contributed by atoms with Crippen molar-refractivity contribution in [3.63, 3.8) is 0 Å². The quantitative estimate of drug-likeness (QED) is 0.633. The van der Waals surface area contributed by atoms with E-state index in [9.17, 15) is 0 Å². The number of benzene rings is 1. The lowest BCUT2D eigenvalue weighted by Crippen LogP contribution is -3.00. The summed E-state index contributed by atoms with van der Waals surface area (Å²) in [5.41, 5.74) is 1.14. The zero-order chi connectivity index (χ0) is 11.7. The summed E-state index contributed by atoms with van der Waals surface area (Å²) in [4.78, 5) is 0. The molecule has 1 aromatic heterocycles. The van der Waals surface area contributed by atoms with Gasteiger partial charge in [0.05, 0.1) is 6.04 Å². The third-order valence-electron chi connectivity index (χ3n) is 2.40. The summed E-state index contributed by atoms with van der Waals surface area (Å²) in [6, 6.07) is 6.70. The summed E-state index contributed by atoms with van der Waals surface area (Å²) in [5.74, 6) is 0. The summed E-state index contributed by atoms with van der Waals surface area (Å²) in [6.45, 7) is 4.34. The number of hydrogen-bond acceptors (Lipinski definition) is 0. The number of imidazole rings is 1. The van der Waals surface area contributed by atoms with Crippen LogP contribution in [0.1, 0.15) is 19.9 Å². The molecule has 0 unspecified atom stereocenters. The molecule has 0 N–H and O–H groups in total. The van der Waals surface area contributed by atoms with Crippen molar-refractivity contribution < 1.29 is 21.5 Å². The summed E-state index contributed by atoms with van der Waals surface area (Å²) >= 11 is 6.99. The molecule has 0 spiro atoms. The molecular weight excluding hydrogens is 412 g/mol. The molecule has 0 saturated carbocycles. The first-order valence-corrected chi connectivity index (χ1v) is 6.70. The van der Waals surface area contributed by atoms with E-state index in [-0.39, 0.29) is 17.0 Å². The Morgan fingerprint density at radius 3 is 2.18 bits per heavy atom. The van der Waals surface area contributed by atoms with Crippen LogP contribution in [-0.4, -0.2) is 4.57 Å². The highest BCUT2D eigenvalue weighted by molar-refractivity contribution is 9.11. The van der Waals surface area contributed by atoms with E-state index in [1.165, 1.54) is 0 Å². The van der Waals surface area contributed by atoms with Gasteiger partial charge in [-0.15, -0.1) is 0 Å². The van der Waals surface area contributed by atoms with Crippen LogP contribution in [0.3, 0.4) is 0 Å². The molecule has 0 bridgehead atoms. The monoisotopic (exact) mass is 422 g/mol. The molecule has 0 radical (unpaired) electrons. The van der Waals surface area contributed by atoms with Gasteiger partial charge in [0.25, 0.3) is 0 Å². The van der Waals surface area contributed by atoms with Crippen molar-refractivity contribution in [1.29, 1.82) is 0 Å². The summed E-state index contributed by atoms with van der Waals surface area (Å²) in [5, 5.41) is 0. The van der Waals surface area contributed by atoms with Gasteiger partial charge in [0, 0.05) is 8.95 Å². The molecule has 1 heterocycles. The molecule has 0 amide bonds. The minimum absolute atomic E-state index is 0. The Balaban J connectivity index is 0.00000144. The molecule has 92 valence electrons. The molecular formula is C12H13Br3N2. The zero-order valence-corrected chi connectivity index (χ0v) is 14.3. The van der Waals surface area contributed by atoms with Crippen molar-refractivity contribution in [1.82, 2.24) is 4.57 Å². The molecule has 2 aromatic rings. The Hall–Kier alpha value is -0.130. The number of rotatable bonds is 2. The Bertz CT molecular complexity index is 486. The lowest BCUT2D eigenvalue weighted by atomic mass is 10.3. The summed E-state index contributed by atoms with van der Waals surface area (Å²) in [6.07, 6.45) is 6.24. The van der Waals surface area contributed by atoms with Gasteiger partial charge in [0.15, 0.2) is 0 Å². The van der Waals surface area contributed by atoms with Gasteiger partial charge in [-0.25, -0.2) is 9.13 Å². The van der Waals surface area contributed by atoms with Gasteiger partial charge in [-0.1, -0.05) is 31.9 Å². The topological polar surface area (TPSA) is 8.81 Å². The van der Waals surface area contributed by atoms with Gasteiger partial charge in [-0.05, 0) is 32.0 Å². The highest BCUT2D eigenvalue weighted by atomic mass is 79.9. The van der Waals surface area contributed by atoms with Crippen molar-refractivity contribution >= 4 is 31.9 Å². The van der Waals surface area contributed by atoms with Crippen LogP contribution in [0, 0.1) is 0 Å². The average Bonchev–Trinajstić information content (AvgIpc) is 2.64. The lowest BCUT2D eigenvalue weighted by molar-refractivity contribution is -0.715. The standard InChI is InChI=1S/C12H13Br2N2.BrH/c1-9(2)15-3-4-16(8-15)12-6-10(13)5-11(14)7-12;/h3-9H,1-2H3;1H/q+1;/p-1. The largest absolute Gasteiger partial charge is 1.00 e. The van der Waals surface area contributed by atoms with Crippen molar-refractivity contribution in [3.8, 4) is 5.69 Å². The fourth-order valence-corrected chi connectivity index (χ4v) is 2.79. The molecule has 0 fully saturated rings. The minimum Gasteiger partial charge on any atom is -1.00 e. The predicted molar refractivity (Wildman–Crippen MR) is 71.7 cm³/mol. The van der Waals surface area contributed by atoms with E-state index in [2.05, 4.69) is 85.7 Å². The molecule has 0 aliphatic heterocycles. The third-order valence-corrected chi connectivity index (χ3v) is 3.31. The maximum atomic E-state index is 3.50. The molecule has 1 aromatic carbocycles. The lowest BCUT2D eigenvalue weighted by Gasteiger charge is -2.00. The van der Waals surface area contributed by atoms with Gasteiger partial charge in [-0.2, -0.15) is 0 Å². The van der Waals surface area contributed by atoms with Gasteiger partial charge in [0.2, 0.25) is 6.33 Å². The van der Waals surface area contributed by atoms with E-state index >= 15 is 0 Å². The van der Waals surface area contributed by atoms with Crippen LogP contribution in [-0.2, 0) is 0 Å². The number of aromatic nitrogens is 2. The van der Waals surface area contributed by atoms with Gasteiger partial charge in [0.1, 0.15) is 18.1 Å². The van der Waals surface area contributed by atoms with Crippen molar-refractivity contribution in [2.24, 2.45) is 0 Å². The molecule has 2 rings (SSSR count). The Morgan fingerprint density at radius 2 is 1.71 bits per heavy atom. The van der Waals surface area contributed by atoms with Crippen molar-refractivity contribution in [2.75, 3.05) is 0 Å². The normalized spacial score (nSPS) is 10.4. The maximum Gasteiger partial charge on any atom is 0.249 e. The van der Waals surface area contributed by atoms with Crippen LogP contribution in [0.2, 0.25) is 0 Å². The predicted octanol–water partition coefficient (Wildman–Crippen LogP) is 0.875. The summed E-state index contributed by atoms with van der Waals surface area (Å²) < 4.78 is 6.42. The second-order valence-corrected chi connectivity index (χ2v) is 5.82. The maximum absolute atomic E-state index is 3.50. The fraction of sp³-hybridized carbons (Fsp3) is 0.250. The number of nitrogens with zero attached hydrogens (tertiary/aromatic N) is 2. The van der Waals surface area contributed by atoms with E-state index < -0.39 is 0 Å². The first-order chi connectivity index (χ1) is 7.56. The second-order valence-electron chi connectivity index (χ2n) is 3.99. The Labute approximate surface area is 129 Å². The van der Waals surface area contributed by atoms with Crippen LogP contribution < -0.4 is 21.5 Å².